The molecule has 7 heteroatoms. The van der Waals surface area contributed by atoms with Gasteiger partial charge in [0, 0.05) is 16.6 Å². The first-order chi connectivity index (χ1) is 13.5. The molecule has 2 N–H and O–H groups in total. The number of aromatic amines is 1. The van der Waals surface area contributed by atoms with Gasteiger partial charge in [0.2, 0.25) is 0 Å². The third-order valence-electron chi connectivity index (χ3n) is 5.36. The molecule has 28 heavy (non-hydrogen) atoms. The van der Waals surface area contributed by atoms with Gasteiger partial charge in [0.25, 0.3) is 5.56 Å². The van der Waals surface area contributed by atoms with E-state index in [0.717, 1.165) is 35.2 Å². The maximum atomic E-state index is 12.8. The standard InChI is InChI=1S/C21H25N3O3S/c1-11-5-7-14-17(9-11)28-21-18(14)20(25)23-19(24-21)12(2)22-13-6-8-15(26-3)16(10-13)27-4/h6,8,10-12,22H,5,7,9H2,1-4H3,(H,23,24,25)/t11-,12-/m0/s1. The molecule has 2 atom stereocenters. The quantitative estimate of drug-likeness (QED) is 0.669. The van der Waals surface area contributed by atoms with Gasteiger partial charge >= 0.3 is 0 Å². The number of nitrogens with one attached hydrogen (secondary N) is 2. The number of hydrogen-bond acceptors (Lipinski definition) is 6. The van der Waals surface area contributed by atoms with E-state index < -0.39 is 0 Å². The number of hydrogen-bond donors (Lipinski definition) is 2. The predicted molar refractivity (Wildman–Crippen MR) is 113 cm³/mol. The summed E-state index contributed by atoms with van der Waals surface area (Å²) in [6.07, 6.45) is 3.15. The minimum Gasteiger partial charge on any atom is -0.493 e. The van der Waals surface area contributed by atoms with Gasteiger partial charge in [-0.15, -0.1) is 11.3 Å². The molecule has 1 aliphatic carbocycles. The summed E-state index contributed by atoms with van der Waals surface area (Å²) in [4.78, 5) is 22.7. The second-order valence-corrected chi connectivity index (χ2v) is 8.50. The fourth-order valence-electron chi connectivity index (χ4n) is 3.81. The number of methoxy groups -OCH3 is 2. The van der Waals surface area contributed by atoms with Crippen LogP contribution in [0.4, 0.5) is 5.69 Å². The monoisotopic (exact) mass is 399 g/mol. The molecule has 0 amide bonds. The van der Waals surface area contributed by atoms with Crippen molar-refractivity contribution in [2.24, 2.45) is 5.92 Å². The number of benzene rings is 1. The van der Waals surface area contributed by atoms with Crippen molar-refractivity contribution in [2.75, 3.05) is 19.5 Å². The summed E-state index contributed by atoms with van der Waals surface area (Å²) in [5.74, 6) is 2.63. The van der Waals surface area contributed by atoms with Crippen molar-refractivity contribution in [3.63, 3.8) is 0 Å². The van der Waals surface area contributed by atoms with Crippen molar-refractivity contribution >= 4 is 27.2 Å². The van der Waals surface area contributed by atoms with Crippen molar-refractivity contribution in [3.05, 3.63) is 44.8 Å². The minimum absolute atomic E-state index is 0.0342. The summed E-state index contributed by atoms with van der Waals surface area (Å²) in [5.41, 5.74) is 2.04. The number of thiophene rings is 1. The molecule has 6 nitrogen and oxygen atoms in total. The molecule has 1 aliphatic rings. The predicted octanol–water partition coefficient (Wildman–Crippen LogP) is 4.30. The fraction of sp³-hybridized carbons (Fsp3) is 0.429. The van der Waals surface area contributed by atoms with Crippen LogP contribution in [0, 0.1) is 5.92 Å². The molecule has 0 radical (unpaired) electrons. The lowest BCUT2D eigenvalue weighted by Gasteiger charge is -2.17. The highest BCUT2D eigenvalue weighted by molar-refractivity contribution is 7.18. The zero-order valence-electron chi connectivity index (χ0n) is 16.6. The normalized spacial score (nSPS) is 17.2. The first-order valence-corrected chi connectivity index (χ1v) is 10.3. The summed E-state index contributed by atoms with van der Waals surface area (Å²) in [7, 11) is 3.22. The SMILES string of the molecule is COc1ccc(N[C@@H](C)c2nc3sc4c(c3c(=O)[nH]2)CC[C@H](C)C4)cc1OC. The van der Waals surface area contributed by atoms with Crippen LogP contribution in [0.15, 0.2) is 23.0 Å². The molecular weight excluding hydrogens is 374 g/mol. The van der Waals surface area contributed by atoms with Gasteiger partial charge in [-0.1, -0.05) is 6.92 Å². The lowest BCUT2D eigenvalue weighted by atomic mass is 9.89. The third-order valence-corrected chi connectivity index (χ3v) is 6.51. The van der Waals surface area contributed by atoms with E-state index in [4.69, 9.17) is 14.5 Å². The first-order valence-electron chi connectivity index (χ1n) is 9.53. The second kappa shape index (κ2) is 7.47. The van der Waals surface area contributed by atoms with Crippen LogP contribution in [0.2, 0.25) is 0 Å². The maximum absolute atomic E-state index is 12.8. The molecule has 0 fully saturated rings. The Bertz CT molecular complexity index is 1070. The Balaban J connectivity index is 1.65. The molecule has 148 valence electrons. The number of ether oxygens (including phenoxy) is 2. The van der Waals surface area contributed by atoms with E-state index in [-0.39, 0.29) is 11.6 Å². The van der Waals surface area contributed by atoms with Crippen LogP contribution >= 0.6 is 11.3 Å². The zero-order chi connectivity index (χ0) is 19.8. The van der Waals surface area contributed by atoms with Crippen molar-refractivity contribution in [1.29, 1.82) is 0 Å². The smallest absolute Gasteiger partial charge is 0.259 e. The Morgan fingerprint density at radius 3 is 2.82 bits per heavy atom. The Hall–Kier alpha value is -2.54. The number of nitrogens with zero attached hydrogens (tertiary/aromatic N) is 1. The van der Waals surface area contributed by atoms with E-state index in [1.165, 1.54) is 10.4 Å². The van der Waals surface area contributed by atoms with E-state index in [1.807, 2.05) is 25.1 Å². The minimum atomic E-state index is -0.159. The van der Waals surface area contributed by atoms with Gasteiger partial charge < -0.3 is 19.8 Å². The molecule has 0 bridgehead atoms. The van der Waals surface area contributed by atoms with Crippen LogP contribution in [0.25, 0.3) is 10.2 Å². The highest BCUT2D eigenvalue weighted by Crippen LogP contribution is 2.36. The number of aryl methyl sites for hydroxylation is 1. The number of anilines is 1. The highest BCUT2D eigenvalue weighted by Gasteiger charge is 2.23. The van der Waals surface area contributed by atoms with E-state index in [2.05, 4.69) is 17.2 Å². The van der Waals surface area contributed by atoms with Crippen molar-refractivity contribution < 1.29 is 9.47 Å². The van der Waals surface area contributed by atoms with Gasteiger partial charge in [0.1, 0.15) is 10.7 Å². The maximum Gasteiger partial charge on any atom is 0.259 e. The molecule has 4 rings (SSSR count). The van der Waals surface area contributed by atoms with Gasteiger partial charge in [-0.25, -0.2) is 4.98 Å². The first kappa shape index (κ1) is 18.8. The number of fused-ring (bicyclic) bond motifs is 3. The summed E-state index contributed by atoms with van der Waals surface area (Å²) in [5, 5.41) is 4.17. The molecule has 0 aliphatic heterocycles. The van der Waals surface area contributed by atoms with Crippen molar-refractivity contribution in [3.8, 4) is 11.5 Å². The topological polar surface area (TPSA) is 76.2 Å². The molecule has 0 saturated heterocycles. The van der Waals surface area contributed by atoms with Crippen LogP contribution in [0.1, 0.15) is 42.6 Å². The second-order valence-electron chi connectivity index (χ2n) is 7.42. The van der Waals surface area contributed by atoms with E-state index in [9.17, 15) is 4.79 Å². The van der Waals surface area contributed by atoms with Crippen LogP contribution in [-0.2, 0) is 12.8 Å². The van der Waals surface area contributed by atoms with Gasteiger partial charge in [0.15, 0.2) is 11.5 Å². The van der Waals surface area contributed by atoms with Gasteiger partial charge in [-0.3, -0.25) is 4.79 Å². The lowest BCUT2D eigenvalue weighted by Crippen LogP contribution is -2.18. The molecule has 0 saturated carbocycles. The summed E-state index contributed by atoms with van der Waals surface area (Å²) >= 11 is 1.67. The van der Waals surface area contributed by atoms with E-state index in [1.54, 1.807) is 25.6 Å². The zero-order valence-corrected chi connectivity index (χ0v) is 17.4. The lowest BCUT2D eigenvalue weighted by molar-refractivity contribution is 0.355. The molecule has 0 spiro atoms. The fourth-order valence-corrected chi connectivity index (χ4v) is 5.21. The molecule has 3 aromatic rings. The molecule has 2 aromatic heterocycles. The van der Waals surface area contributed by atoms with E-state index >= 15 is 0 Å². The number of H-pyrrole nitrogens is 1. The average Bonchev–Trinajstić information content (AvgIpc) is 3.05. The number of aromatic nitrogens is 2. The Morgan fingerprint density at radius 1 is 1.29 bits per heavy atom. The molecule has 2 heterocycles. The van der Waals surface area contributed by atoms with Crippen LogP contribution < -0.4 is 20.3 Å². The van der Waals surface area contributed by atoms with Gasteiger partial charge in [0.05, 0.1) is 25.6 Å². The van der Waals surface area contributed by atoms with Crippen LogP contribution in [-0.4, -0.2) is 24.2 Å². The Kier molecular flexibility index (Phi) is 5.02. The Labute approximate surface area is 167 Å². The van der Waals surface area contributed by atoms with Crippen LogP contribution in [0.5, 0.6) is 11.5 Å². The largest absolute Gasteiger partial charge is 0.493 e. The highest BCUT2D eigenvalue weighted by atomic mass is 32.1. The molecule has 1 aromatic carbocycles. The van der Waals surface area contributed by atoms with Crippen molar-refractivity contribution in [2.45, 2.75) is 39.2 Å². The summed E-state index contributed by atoms with van der Waals surface area (Å²) in [6, 6.07) is 5.48. The van der Waals surface area contributed by atoms with Gasteiger partial charge in [-0.2, -0.15) is 0 Å². The average molecular weight is 400 g/mol. The number of rotatable bonds is 5. The summed E-state index contributed by atoms with van der Waals surface area (Å²) < 4.78 is 10.6. The Morgan fingerprint density at radius 2 is 2.07 bits per heavy atom. The third kappa shape index (κ3) is 3.35. The molecular formula is C21H25N3O3S. The summed E-state index contributed by atoms with van der Waals surface area (Å²) in [6.45, 7) is 4.25. The van der Waals surface area contributed by atoms with Crippen molar-refractivity contribution in [1.82, 2.24) is 9.97 Å². The van der Waals surface area contributed by atoms with E-state index in [0.29, 0.717) is 23.2 Å². The molecule has 0 unspecified atom stereocenters. The van der Waals surface area contributed by atoms with Gasteiger partial charge in [-0.05, 0) is 49.8 Å². The van der Waals surface area contributed by atoms with Crippen LogP contribution in [0.3, 0.4) is 0 Å².